The van der Waals surface area contributed by atoms with Crippen LogP contribution in [0.15, 0.2) is 30.3 Å². The fraction of sp³-hybridized carbons (Fsp3) is 0.917. The van der Waals surface area contributed by atoms with Crippen LogP contribution >= 0.6 is 0 Å². The van der Waals surface area contributed by atoms with E-state index < -0.39 is 0 Å². The van der Waals surface area contributed by atoms with E-state index in [-0.39, 0.29) is 0 Å². The second-order valence-electron chi connectivity index (χ2n) is 28.8. The molecule has 1 aromatic rings. The van der Waals surface area contributed by atoms with Crippen molar-refractivity contribution in [2.24, 2.45) is 41.4 Å². The summed E-state index contributed by atoms with van der Waals surface area (Å²) in [6, 6.07) is 13.0. The third-order valence-electron chi connectivity index (χ3n) is 14.7. The van der Waals surface area contributed by atoms with Crippen LogP contribution in [0.5, 0.6) is 0 Å². The first-order valence-electron chi connectivity index (χ1n) is 34.1. The Morgan fingerprint density at radius 2 is 0.872 bits per heavy atom. The van der Waals surface area contributed by atoms with E-state index in [1.165, 1.54) is 205 Å². The summed E-state index contributed by atoms with van der Waals surface area (Å²) in [5.41, 5.74) is 1.37. The van der Waals surface area contributed by atoms with E-state index in [0.29, 0.717) is 6.04 Å². The van der Waals surface area contributed by atoms with Gasteiger partial charge in [-0.1, -0.05) is 212 Å². The third-order valence-corrected chi connectivity index (χ3v) is 14.7. The summed E-state index contributed by atoms with van der Waals surface area (Å²) >= 11 is 0. The molecule has 1 aromatic carbocycles. The van der Waals surface area contributed by atoms with Crippen molar-refractivity contribution in [1.29, 1.82) is 0 Å². The van der Waals surface area contributed by atoms with Gasteiger partial charge in [0.2, 0.25) is 0 Å². The van der Waals surface area contributed by atoms with E-state index in [1.54, 1.807) is 0 Å². The molecule has 2 fully saturated rings. The first-order chi connectivity index (χ1) is 36.7. The largest absolute Gasteiger partial charge is 0.331 e. The highest BCUT2D eigenvalue weighted by Crippen LogP contribution is 2.22. The molecular weight excluding hydrogens is 949 g/mol. The smallest absolute Gasteiger partial charge is 0.0780 e. The van der Waals surface area contributed by atoms with Gasteiger partial charge in [-0.05, 0) is 204 Å². The topological polar surface area (TPSA) is 42.6 Å². The number of unbranched alkanes of at least 4 members (excludes halogenated alkanes) is 2. The van der Waals surface area contributed by atoms with E-state index in [1.807, 2.05) is 0 Å². The molecule has 2 saturated carbocycles. The molecule has 0 amide bonds. The van der Waals surface area contributed by atoms with Gasteiger partial charge in [0.15, 0.2) is 0 Å². The van der Waals surface area contributed by atoms with Gasteiger partial charge < -0.3 is 30.2 Å². The Morgan fingerprint density at radius 1 is 0.462 bits per heavy atom. The molecule has 0 aromatic heterocycles. The number of nitrogens with zero attached hydrogens (tertiary/aromatic N) is 3. The van der Waals surface area contributed by atoms with Crippen LogP contribution in [0.2, 0.25) is 0 Å². The molecule has 0 radical (unpaired) electrons. The zero-order valence-electron chi connectivity index (χ0n) is 58.3. The normalized spacial score (nSPS) is 14.2. The van der Waals surface area contributed by atoms with Gasteiger partial charge in [-0.2, -0.15) is 0 Å². The SMILES string of the molecule is CC(C)CCCN(C)C.CC(C)CCCN(C)C1CCCCC1.CC(C)CCCNC(C)C.CC(C)CCCNC1CCCCC1.CC(C)CCCNCc1ccccc1.CC(C)CCC[N+](C)(C)C.CCCCCC(C)C. The zero-order valence-corrected chi connectivity index (χ0v) is 58.3. The van der Waals surface area contributed by atoms with Crippen LogP contribution < -0.4 is 16.0 Å². The molecule has 470 valence electrons. The Kier molecular flexibility index (Phi) is 63.3. The Bertz CT molecular complexity index is 1220. The van der Waals surface area contributed by atoms with Crippen LogP contribution in [0.4, 0.5) is 0 Å². The molecule has 6 nitrogen and oxygen atoms in total. The number of nitrogens with one attached hydrogen (secondary N) is 3. The highest BCUT2D eigenvalue weighted by molar-refractivity contribution is 5.14. The highest BCUT2D eigenvalue weighted by Gasteiger charge is 2.17. The summed E-state index contributed by atoms with van der Waals surface area (Å²) in [5, 5.41) is 10.5. The lowest BCUT2D eigenvalue weighted by molar-refractivity contribution is -0.870. The Labute approximate surface area is 496 Å². The number of hydrogen-bond donors (Lipinski definition) is 3. The van der Waals surface area contributed by atoms with E-state index in [9.17, 15) is 0 Å². The van der Waals surface area contributed by atoms with Crippen LogP contribution in [0, 0.1) is 41.4 Å². The minimum absolute atomic E-state index is 0.646. The molecule has 0 bridgehead atoms. The Balaban J connectivity index is -0.000000414. The Hall–Kier alpha value is -1.02. The van der Waals surface area contributed by atoms with Crippen LogP contribution in [-0.4, -0.2) is 114 Å². The number of hydrogen-bond acceptors (Lipinski definition) is 5. The van der Waals surface area contributed by atoms with E-state index in [0.717, 1.165) is 71.1 Å². The summed E-state index contributed by atoms with van der Waals surface area (Å²) in [6.07, 6.45) is 36.3. The lowest BCUT2D eigenvalue weighted by atomic mass is 9.94. The summed E-state index contributed by atoms with van der Waals surface area (Å²) in [4.78, 5) is 4.84. The molecule has 0 unspecified atom stereocenters. The third kappa shape index (κ3) is 77.0. The molecule has 0 spiro atoms. The maximum atomic E-state index is 3.68. The van der Waals surface area contributed by atoms with Crippen LogP contribution in [0.1, 0.15) is 290 Å². The van der Waals surface area contributed by atoms with Crippen molar-refractivity contribution in [3.63, 3.8) is 0 Å². The Morgan fingerprint density at radius 3 is 1.31 bits per heavy atom. The molecule has 0 heterocycles. The fourth-order valence-corrected chi connectivity index (χ4v) is 9.53. The predicted molar refractivity (Wildman–Crippen MR) is 361 cm³/mol. The molecule has 0 aliphatic heterocycles. The van der Waals surface area contributed by atoms with E-state index >= 15 is 0 Å². The number of benzene rings is 1. The maximum absolute atomic E-state index is 3.68. The lowest BCUT2D eigenvalue weighted by Crippen LogP contribution is -2.35. The molecule has 6 heteroatoms. The fourth-order valence-electron chi connectivity index (χ4n) is 9.53. The van der Waals surface area contributed by atoms with Gasteiger partial charge in [-0.25, -0.2) is 0 Å². The van der Waals surface area contributed by atoms with Gasteiger partial charge in [-0.3, -0.25) is 0 Å². The summed E-state index contributed by atoms with van der Waals surface area (Å²) < 4.78 is 1.10. The lowest BCUT2D eigenvalue weighted by Gasteiger charge is -2.31. The summed E-state index contributed by atoms with van der Waals surface area (Å²) in [6.45, 7) is 47.1. The van der Waals surface area contributed by atoms with Crippen LogP contribution in [0.25, 0.3) is 0 Å². The van der Waals surface area contributed by atoms with Gasteiger partial charge in [0.1, 0.15) is 0 Å². The van der Waals surface area contributed by atoms with E-state index in [4.69, 9.17) is 0 Å². The minimum atomic E-state index is 0.646. The molecule has 78 heavy (non-hydrogen) atoms. The van der Waals surface area contributed by atoms with Crippen molar-refractivity contribution in [3.05, 3.63) is 35.9 Å². The van der Waals surface area contributed by atoms with Gasteiger partial charge in [0, 0.05) is 24.7 Å². The van der Waals surface area contributed by atoms with Crippen molar-refractivity contribution >= 4 is 0 Å². The number of quaternary nitrogens is 1. The molecule has 0 saturated heterocycles. The van der Waals surface area contributed by atoms with Crippen LogP contribution in [-0.2, 0) is 6.54 Å². The molecule has 2 aliphatic rings. The van der Waals surface area contributed by atoms with Crippen molar-refractivity contribution in [2.75, 3.05) is 81.6 Å². The van der Waals surface area contributed by atoms with Gasteiger partial charge >= 0.3 is 0 Å². The maximum Gasteiger partial charge on any atom is 0.0780 e. The minimum Gasteiger partial charge on any atom is -0.331 e. The average molecular weight is 1100 g/mol. The molecule has 2 aliphatic carbocycles. The second kappa shape index (κ2) is 59.2. The standard InChI is InChI=1S/C13H27N.C13H21N.C12H25N.C9H22N.C9H21N.C8H19N.C8H18/c1-12(2)8-7-11-14(3)13-9-5-4-6-10-13;1-12(2)7-6-10-14-11-13-8-4-3-5-9-13;1-11(2)7-6-10-13-12-8-4-3-5-9-12;1-9(2)7-6-8-10(3,4)5;1-8(2)6-5-7-10-9(3)4;1-8(2)6-5-7-9(3)4;1-4-5-6-7-8(2)3/h12-13H,4-11H2,1-3H3;3-5,8-9,12,14H,6-7,10-11H2,1-2H3;11-13H,3-10H2,1-2H3;9H,6-8H2,1-5H3;8-10H,5-7H2,1-4H3;8H,5-7H2,1-4H3;8H,4-7H2,1-3H3/q;;;+1;;;. The quantitative estimate of drug-likeness (QED) is 0.0484. The zero-order chi connectivity index (χ0) is 60.0. The summed E-state index contributed by atoms with van der Waals surface area (Å²) in [5.74, 6) is 6.06. The van der Waals surface area contributed by atoms with Crippen LogP contribution in [0.3, 0.4) is 0 Å². The van der Waals surface area contributed by atoms with Crippen molar-refractivity contribution in [2.45, 2.75) is 309 Å². The first-order valence-corrected chi connectivity index (χ1v) is 34.1. The molecule has 3 rings (SSSR count). The van der Waals surface area contributed by atoms with Crippen molar-refractivity contribution in [3.8, 4) is 0 Å². The van der Waals surface area contributed by atoms with Gasteiger partial charge in [-0.15, -0.1) is 0 Å². The first kappa shape index (κ1) is 83.4. The van der Waals surface area contributed by atoms with Crippen molar-refractivity contribution < 1.29 is 4.48 Å². The number of rotatable bonds is 33. The summed E-state index contributed by atoms with van der Waals surface area (Å²) in [7, 11) is 13.3. The van der Waals surface area contributed by atoms with Gasteiger partial charge in [0.05, 0.1) is 27.7 Å². The van der Waals surface area contributed by atoms with E-state index in [2.05, 4.69) is 216 Å². The monoisotopic (exact) mass is 1100 g/mol. The average Bonchev–Trinajstić information content (AvgIpc) is 3.35. The molecule has 0 atom stereocenters. The predicted octanol–water partition coefficient (Wildman–Crippen LogP) is 20.0. The molecular formula is C72H153N6+. The van der Waals surface area contributed by atoms with Crippen molar-refractivity contribution in [1.82, 2.24) is 25.8 Å². The highest BCUT2D eigenvalue weighted by atomic mass is 15.3. The second-order valence-corrected chi connectivity index (χ2v) is 28.8. The van der Waals surface area contributed by atoms with Gasteiger partial charge in [0.25, 0.3) is 0 Å². The molecule has 3 N–H and O–H groups in total.